The van der Waals surface area contributed by atoms with Gasteiger partial charge in [-0.2, -0.15) is 0 Å². The molecule has 0 spiro atoms. The zero-order valence-corrected chi connectivity index (χ0v) is 15.7. The fourth-order valence-electron chi connectivity index (χ4n) is 3.50. The minimum Gasteiger partial charge on any atom is -0.423 e. The Balaban J connectivity index is 1.51. The molecular weight excluding hydrogens is 356 g/mol. The van der Waals surface area contributed by atoms with Crippen LogP contribution in [0.2, 0.25) is 0 Å². The molecule has 142 valence electrons. The third kappa shape index (κ3) is 3.41. The number of anilines is 2. The van der Waals surface area contributed by atoms with Gasteiger partial charge in [-0.1, -0.05) is 17.7 Å². The number of amides is 2. The summed E-state index contributed by atoms with van der Waals surface area (Å²) in [6.07, 6.45) is 0.168. The number of carbonyl (C=O) groups is 2. The van der Waals surface area contributed by atoms with Crippen LogP contribution in [0.1, 0.15) is 17.5 Å². The predicted octanol–water partition coefficient (Wildman–Crippen LogP) is 3.40. The molecule has 1 unspecified atom stereocenters. The maximum absolute atomic E-state index is 12.7. The van der Waals surface area contributed by atoms with Gasteiger partial charge < -0.3 is 14.6 Å². The number of nitrogens with zero attached hydrogens (tertiary/aromatic N) is 1. The topological polar surface area (TPSA) is 79.6 Å². The highest BCUT2D eigenvalue weighted by Crippen LogP contribution is 2.27. The van der Waals surface area contributed by atoms with Gasteiger partial charge in [0.25, 0.3) is 0 Å². The van der Waals surface area contributed by atoms with E-state index in [4.69, 9.17) is 4.42 Å². The maximum Gasteiger partial charge on any atom is 0.336 e. The van der Waals surface area contributed by atoms with Crippen molar-refractivity contribution in [1.29, 1.82) is 0 Å². The van der Waals surface area contributed by atoms with E-state index in [-0.39, 0.29) is 18.2 Å². The molecule has 2 aromatic carbocycles. The molecule has 0 saturated carbocycles. The first kappa shape index (κ1) is 18.0. The molecular formula is C22H20N2O4. The Kier molecular flexibility index (Phi) is 4.47. The number of hydrogen-bond donors (Lipinski definition) is 1. The van der Waals surface area contributed by atoms with Crippen LogP contribution in [0.5, 0.6) is 0 Å². The van der Waals surface area contributed by atoms with E-state index < -0.39 is 11.5 Å². The highest BCUT2D eigenvalue weighted by atomic mass is 16.4. The number of benzene rings is 2. The van der Waals surface area contributed by atoms with Crippen molar-refractivity contribution in [1.82, 2.24) is 0 Å². The van der Waals surface area contributed by atoms with E-state index in [1.165, 1.54) is 6.07 Å². The standard InChI is InChI=1S/C22H20N2O4/c1-13-3-6-17(7-4-13)24-12-15(10-20(24)25)22(27)23-16-5-8-18-14(2)9-21(26)28-19(18)11-16/h3-9,11,15H,10,12H2,1-2H3,(H,23,27). The van der Waals surface area contributed by atoms with E-state index in [1.807, 2.05) is 44.2 Å². The van der Waals surface area contributed by atoms with E-state index in [0.717, 1.165) is 22.2 Å². The molecule has 2 heterocycles. The van der Waals surface area contributed by atoms with E-state index >= 15 is 0 Å². The quantitative estimate of drug-likeness (QED) is 0.711. The van der Waals surface area contributed by atoms with Crippen LogP contribution in [0.4, 0.5) is 11.4 Å². The van der Waals surface area contributed by atoms with Gasteiger partial charge in [0, 0.05) is 41.9 Å². The number of rotatable bonds is 3. The largest absolute Gasteiger partial charge is 0.423 e. The fraction of sp³-hybridized carbons (Fsp3) is 0.227. The van der Waals surface area contributed by atoms with E-state index in [2.05, 4.69) is 5.32 Å². The van der Waals surface area contributed by atoms with E-state index in [1.54, 1.807) is 17.0 Å². The summed E-state index contributed by atoms with van der Waals surface area (Å²) < 4.78 is 5.22. The molecule has 1 aromatic heterocycles. The zero-order chi connectivity index (χ0) is 19.8. The van der Waals surface area contributed by atoms with Crippen molar-refractivity contribution in [2.45, 2.75) is 20.3 Å². The van der Waals surface area contributed by atoms with Crippen molar-refractivity contribution in [2.24, 2.45) is 5.92 Å². The highest BCUT2D eigenvalue weighted by molar-refractivity contribution is 6.04. The molecule has 4 rings (SSSR count). The molecule has 1 aliphatic heterocycles. The van der Waals surface area contributed by atoms with Gasteiger partial charge in [0.05, 0.1) is 5.92 Å². The molecule has 1 aliphatic rings. The summed E-state index contributed by atoms with van der Waals surface area (Å²) in [5.74, 6) is -0.726. The van der Waals surface area contributed by atoms with Crippen LogP contribution in [-0.4, -0.2) is 18.4 Å². The second kappa shape index (κ2) is 6.96. The monoisotopic (exact) mass is 376 g/mol. The molecule has 1 atom stereocenters. The zero-order valence-electron chi connectivity index (χ0n) is 15.7. The van der Waals surface area contributed by atoms with E-state index in [9.17, 15) is 14.4 Å². The van der Waals surface area contributed by atoms with Crippen molar-refractivity contribution >= 4 is 34.2 Å². The Labute approximate surface area is 161 Å². The molecule has 6 heteroatoms. The number of carbonyl (C=O) groups excluding carboxylic acids is 2. The first-order valence-corrected chi connectivity index (χ1v) is 9.13. The summed E-state index contributed by atoms with van der Waals surface area (Å²) in [5, 5.41) is 3.66. The predicted molar refractivity (Wildman–Crippen MR) is 107 cm³/mol. The van der Waals surface area contributed by atoms with Crippen LogP contribution in [0.15, 0.2) is 57.7 Å². The molecule has 0 aliphatic carbocycles. The average Bonchev–Trinajstić information content (AvgIpc) is 3.04. The molecule has 1 N–H and O–H groups in total. The Morgan fingerprint density at radius 2 is 1.82 bits per heavy atom. The number of hydrogen-bond acceptors (Lipinski definition) is 4. The molecule has 0 radical (unpaired) electrons. The summed E-state index contributed by atoms with van der Waals surface area (Å²) in [4.78, 5) is 38.3. The van der Waals surface area contributed by atoms with Crippen LogP contribution in [0.25, 0.3) is 11.0 Å². The molecule has 1 saturated heterocycles. The first-order chi connectivity index (χ1) is 13.4. The summed E-state index contributed by atoms with van der Waals surface area (Å²) in [7, 11) is 0. The lowest BCUT2D eigenvalue weighted by Crippen LogP contribution is -2.28. The van der Waals surface area contributed by atoms with Gasteiger partial charge in [-0.25, -0.2) is 4.79 Å². The van der Waals surface area contributed by atoms with Gasteiger partial charge >= 0.3 is 5.63 Å². The number of fused-ring (bicyclic) bond motifs is 1. The lowest BCUT2D eigenvalue weighted by Gasteiger charge is -2.17. The molecule has 2 amide bonds. The molecule has 3 aromatic rings. The van der Waals surface area contributed by atoms with Crippen molar-refractivity contribution in [3.05, 3.63) is 70.1 Å². The third-order valence-corrected chi connectivity index (χ3v) is 5.06. The SMILES string of the molecule is Cc1ccc(N2CC(C(=O)Nc3ccc4c(C)cc(=O)oc4c3)CC2=O)cc1. The van der Waals surface area contributed by atoms with Gasteiger partial charge in [-0.3, -0.25) is 9.59 Å². The summed E-state index contributed by atoms with van der Waals surface area (Å²) >= 11 is 0. The van der Waals surface area contributed by atoms with Crippen LogP contribution in [0, 0.1) is 19.8 Å². The van der Waals surface area contributed by atoms with Crippen LogP contribution < -0.4 is 15.8 Å². The lowest BCUT2D eigenvalue weighted by atomic mass is 10.1. The minimum atomic E-state index is -0.436. The minimum absolute atomic E-state index is 0.0656. The summed E-state index contributed by atoms with van der Waals surface area (Å²) in [6.45, 7) is 4.16. The van der Waals surface area contributed by atoms with E-state index in [0.29, 0.717) is 17.8 Å². The van der Waals surface area contributed by atoms with Gasteiger partial charge in [-0.15, -0.1) is 0 Å². The number of nitrogens with one attached hydrogen (secondary N) is 1. The Bertz CT molecular complexity index is 1130. The first-order valence-electron chi connectivity index (χ1n) is 9.13. The van der Waals surface area contributed by atoms with Crippen LogP contribution >= 0.6 is 0 Å². The maximum atomic E-state index is 12.7. The second-order valence-electron chi connectivity index (χ2n) is 7.19. The van der Waals surface area contributed by atoms with Crippen molar-refractivity contribution in [2.75, 3.05) is 16.8 Å². The summed E-state index contributed by atoms with van der Waals surface area (Å²) in [6, 6.07) is 14.3. The van der Waals surface area contributed by atoms with Gasteiger partial charge in [0.2, 0.25) is 11.8 Å². The normalized spacial score (nSPS) is 16.6. The Morgan fingerprint density at radius 3 is 2.57 bits per heavy atom. The summed E-state index contributed by atoms with van der Waals surface area (Å²) in [5.41, 5.74) is 3.26. The highest BCUT2D eigenvalue weighted by Gasteiger charge is 2.35. The van der Waals surface area contributed by atoms with Gasteiger partial charge in [-0.05, 0) is 43.7 Å². The molecule has 28 heavy (non-hydrogen) atoms. The average molecular weight is 376 g/mol. The molecule has 1 fully saturated rings. The Hall–Kier alpha value is -3.41. The number of aryl methyl sites for hydroxylation is 2. The second-order valence-corrected chi connectivity index (χ2v) is 7.19. The molecule has 0 bridgehead atoms. The van der Waals surface area contributed by atoms with Crippen molar-refractivity contribution in [3.63, 3.8) is 0 Å². The molecule has 6 nitrogen and oxygen atoms in total. The lowest BCUT2D eigenvalue weighted by molar-refractivity contribution is -0.122. The van der Waals surface area contributed by atoms with Gasteiger partial charge in [0.15, 0.2) is 0 Å². The van der Waals surface area contributed by atoms with Crippen molar-refractivity contribution in [3.8, 4) is 0 Å². The fourth-order valence-corrected chi connectivity index (χ4v) is 3.50. The smallest absolute Gasteiger partial charge is 0.336 e. The van der Waals surface area contributed by atoms with Crippen molar-refractivity contribution < 1.29 is 14.0 Å². The van der Waals surface area contributed by atoms with Gasteiger partial charge in [0.1, 0.15) is 5.58 Å². The Morgan fingerprint density at radius 1 is 1.07 bits per heavy atom. The van der Waals surface area contributed by atoms with Crippen LogP contribution in [-0.2, 0) is 9.59 Å². The third-order valence-electron chi connectivity index (χ3n) is 5.06. The van der Waals surface area contributed by atoms with Crippen LogP contribution in [0.3, 0.4) is 0 Å².